The minimum atomic E-state index is -0.764. The Morgan fingerprint density at radius 1 is 1.64 bits per heavy atom. The lowest BCUT2D eigenvalue weighted by atomic mass is 10.2. The van der Waals surface area contributed by atoms with Crippen molar-refractivity contribution in [2.24, 2.45) is 0 Å². The number of pyridine rings is 1. The fourth-order valence-corrected chi connectivity index (χ4v) is 0.948. The van der Waals surface area contributed by atoms with E-state index >= 15 is 0 Å². The van der Waals surface area contributed by atoms with Gasteiger partial charge in [-0.05, 0) is 6.07 Å². The van der Waals surface area contributed by atoms with Crippen molar-refractivity contribution >= 4 is 18.9 Å². The second kappa shape index (κ2) is 5.40. The molecule has 0 aromatic carbocycles. The minimum absolute atomic E-state index is 0.0670. The lowest BCUT2D eigenvalue weighted by Crippen LogP contribution is -1.92. The summed E-state index contributed by atoms with van der Waals surface area (Å²) >= 11 is 3.99. The molecule has 0 bridgehead atoms. The SMILES string of the molecule is O=Cc1cc(C#CCCS)cnc1F. The topological polar surface area (TPSA) is 30.0 Å². The van der Waals surface area contributed by atoms with Crippen molar-refractivity contribution in [1.29, 1.82) is 0 Å². The highest BCUT2D eigenvalue weighted by atomic mass is 32.1. The van der Waals surface area contributed by atoms with Crippen LogP contribution in [0.2, 0.25) is 0 Å². The van der Waals surface area contributed by atoms with E-state index in [1.54, 1.807) is 0 Å². The molecule has 1 aromatic heterocycles. The van der Waals surface area contributed by atoms with Crippen molar-refractivity contribution in [3.05, 3.63) is 29.3 Å². The molecule has 0 atom stereocenters. The van der Waals surface area contributed by atoms with Gasteiger partial charge in [-0.2, -0.15) is 17.0 Å². The molecule has 0 unspecified atom stereocenters. The second-order valence-electron chi connectivity index (χ2n) is 2.50. The van der Waals surface area contributed by atoms with Gasteiger partial charge in [0.15, 0.2) is 6.29 Å². The molecule has 0 fully saturated rings. The van der Waals surface area contributed by atoms with Crippen LogP contribution in [-0.2, 0) is 0 Å². The van der Waals surface area contributed by atoms with Gasteiger partial charge in [0.2, 0.25) is 5.95 Å². The third kappa shape index (κ3) is 2.86. The lowest BCUT2D eigenvalue weighted by molar-refractivity contribution is 0.111. The maximum atomic E-state index is 12.8. The molecule has 0 aliphatic heterocycles. The van der Waals surface area contributed by atoms with Crippen LogP contribution in [0.1, 0.15) is 22.3 Å². The molecule has 4 heteroatoms. The normalized spacial score (nSPS) is 9.00. The number of hydrogen-bond donors (Lipinski definition) is 1. The average molecular weight is 209 g/mol. The summed E-state index contributed by atoms with van der Waals surface area (Å²) in [5, 5.41) is 0. The van der Waals surface area contributed by atoms with Gasteiger partial charge in [0, 0.05) is 23.9 Å². The molecule has 0 radical (unpaired) electrons. The van der Waals surface area contributed by atoms with Crippen LogP contribution in [0.4, 0.5) is 4.39 Å². The number of aromatic nitrogens is 1. The summed E-state index contributed by atoms with van der Waals surface area (Å²) in [5.41, 5.74) is 0.470. The number of rotatable bonds is 2. The molecule has 1 rings (SSSR count). The molecule has 72 valence electrons. The largest absolute Gasteiger partial charge is 0.298 e. The number of hydrogen-bond acceptors (Lipinski definition) is 3. The van der Waals surface area contributed by atoms with E-state index in [9.17, 15) is 9.18 Å². The van der Waals surface area contributed by atoms with E-state index in [-0.39, 0.29) is 5.56 Å². The summed E-state index contributed by atoms with van der Waals surface area (Å²) in [4.78, 5) is 13.8. The van der Waals surface area contributed by atoms with Gasteiger partial charge in [0.1, 0.15) is 0 Å². The lowest BCUT2D eigenvalue weighted by Gasteiger charge is -1.93. The molecule has 0 saturated carbocycles. The van der Waals surface area contributed by atoms with E-state index in [0.29, 0.717) is 24.0 Å². The Labute approximate surface area is 87.0 Å². The molecule has 1 aromatic rings. The first kappa shape index (κ1) is 10.7. The number of thiol groups is 1. The van der Waals surface area contributed by atoms with Crippen molar-refractivity contribution in [2.75, 3.05) is 5.75 Å². The molecule has 0 amide bonds. The standard InChI is InChI=1S/C10H8FNOS/c11-10-9(7-13)5-8(6-12-10)3-1-2-4-14/h5-7,14H,2,4H2. The first-order chi connectivity index (χ1) is 6.77. The van der Waals surface area contributed by atoms with Crippen LogP contribution in [0.5, 0.6) is 0 Å². The third-order valence-electron chi connectivity index (χ3n) is 1.46. The van der Waals surface area contributed by atoms with Crippen molar-refractivity contribution in [1.82, 2.24) is 4.98 Å². The van der Waals surface area contributed by atoms with Crippen LogP contribution >= 0.6 is 12.6 Å². The second-order valence-corrected chi connectivity index (χ2v) is 2.94. The van der Waals surface area contributed by atoms with Crippen LogP contribution < -0.4 is 0 Å². The van der Waals surface area contributed by atoms with Crippen molar-refractivity contribution < 1.29 is 9.18 Å². The summed E-state index contributed by atoms with van der Waals surface area (Å²) in [5.74, 6) is 5.48. The predicted molar refractivity (Wildman–Crippen MR) is 54.9 cm³/mol. The first-order valence-electron chi connectivity index (χ1n) is 3.98. The van der Waals surface area contributed by atoms with Crippen LogP contribution in [0.25, 0.3) is 0 Å². The zero-order valence-corrected chi connectivity index (χ0v) is 8.22. The highest BCUT2D eigenvalue weighted by Crippen LogP contribution is 2.03. The summed E-state index contributed by atoms with van der Waals surface area (Å²) in [6.07, 6.45) is 2.37. The molecule has 1 heterocycles. The summed E-state index contributed by atoms with van der Waals surface area (Å²) in [6.45, 7) is 0. The van der Waals surface area contributed by atoms with Crippen LogP contribution in [-0.4, -0.2) is 17.0 Å². The van der Waals surface area contributed by atoms with Crippen LogP contribution in [0.3, 0.4) is 0 Å². The van der Waals surface area contributed by atoms with Crippen molar-refractivity contribution in [3.63, 3.8) is 0 Å². The summed E-state index contributed by atoms with van der Waals surface area (Å²) in [6, 6.07) is 1.38. The minimum Gasteiger partial charge on any atom is -0.298 e. The molecule has 0 aliphatic carbocycles. The zero-order chi connectivity index (χ0) is 10.4. The van der Waals surface area contributed by atoms with Crippen LogP contribution in [0.15, 0.2) is 12.3 Å². The Balaban J connectivity index is 2.91. The predicted octanol–water partition coefficient (Wildman–Crippen LogP) is 1.70. The molecule has 0 spiro atoms. The number of nitrogens with zero attached hydrogens (tertiary/aromatic N) is 1. The van der Waals surface area contributed by atoms with Crippen LogP contribution in [0, 0.1) is 17.8 Å². The molecule has 0 saturated heterocycles. The molecule has 0 N–H and O–H groups in total. The Kier molecular flexibility index (Phi) is 4.14. The van der Waals surface area contributed by atoms with E-state index in [2.05, 4.69) is 29.5 Å². The quantitative estimate of drug-likeness (QED) is 0.348. The van der Waals surface area contributed by atoms with E-state index in [1.165, 1.54) is 12.3 Å². The fourth-order valence-electron chi connectivity index (χ4n) is 0.837. The van der Waals surface area contributed by atoms with Crippen molar-refractivity contribution in [3.8, 4) is 11.8 Å². The smallest absolute Gasteiger partial charge is 0.223 e. The van der Waals surface area contributed by atoms with E-state index in [0.717, 1.165) is 0 Å². The Morgan fingerprint density at radius 2 is 2.43 bits per heavy atom. The fraction of sp³-hybridized carbons (Fsp3) is 0.200. The Morgan fingerprint density at radius 3 is 3.07 bits per heavy atom. The van der Waals surface area contributed by atoms with Gasteiger partial charge < -0.3 is 0 Å². The average Bonchev–Trinajstić information content (AvgIpc) is 2.21. The van der Waals surface area contributed by atoms with E-state index < -0.39 is 5.95 Å². The molecule has 2 nitrogen and oxygen atoms in total. The highest BCUT2D eigenvalue weighted by molar-refractivity contribution is 7.80. The Bertz CT molecular complexity index is 395. The number of carbonyl (C=O) groups excluding carboxylic acids is 1. The monoisotopic (exact) mass is 209 g/mol. The van der Waals surface area contributed by atoms with Gasteiger partial charge in [-0.25, -0.2) is 4.98 Å². The summed E-state index contributed by atoms with van der Waals surface area (Å²) in [7, 11) is 0. The van der Waals surface area contributed by atoms with Gasteiger partial charge in [-0.15, -0.1) is 0 Å². The van der Waals surface area contributed by atoms with Gasteiger partial charge >= 0.3 is 0 Å². The van der Waals surface area contributed by atoms with E-state index in [4.69, 9.17) is 0 Å². The number of halogens is 1. The highest BCUT2D eigenvalue weighted by Gasteiger charge is 2.01. The maximum Gasteiger partial charge on any atom is 0.223 e. The van der Waals surface area contributed by atoms with Gasteiger partial charge in [0.25, 0.3) is 0 Å². The third-order valence-corrected chi connectivity index (χ3v) is 1.69. The van der Waals surface area contributed by atoms with Crippen molar-refractivity contribution in [2.45, 2.75) is 6.42 Å². The molecule has 0 aliphatic rings. The zero-order valence-electron chi connectivity index (χ0n) is 7.33. The van der Waals surface area contributed by atoms with Gasteiger partial charge in [0.05, 0.1) is 5.56 Å². The molecular formula is C10H8FNOS. The Hall–Kier alpha value is -1.34. The van der Waals surface area contributed by atoms with E-state index in [1.807, 2.05) is 0 Å². The number of carbonyl (C=O) groups is 1. The first-order valence-corrected chi connectivity index (χ1v) is 4.61. The maximum absolute atomic E-state index is 12.8. The number of aldehydes is 1. The summed E-state index contributed by atoms with van der Waals surface area (Å²) < 4.78 is 12.8. The molecular weight excluding hydrogens is 201 g/mol. The van der Waals surface area contributed by atoms with Gasteiger partial charge in [-0.3, -0.25) is 4.79 Å². The molecule has 14 heavy (non-hydrogen) atoms. The van der Waals surface area contributed by atoms with Gasteiger partial charge in [-0.1, -0.05) is 11.8 Å².